The van der Waals surface area contributed by atoms with Gasteiger partial charge >= 0.3 is 5.97 Å². The molecule has 1 aliphatic rings. The Labute approximate surface area is 72.4 Å². The van der Waals surface area contributed by atoms with Crippen LogP contribution >= 0.6 is 12.6 Å². The maximum absolute atomic E-state index is 10.7. The van der Waals surface area contributed by atoms with E-state index in [4.69, 9.17) is 5.11 Å². The van der Waals surface area contributed by atoms with Gasteiger partial charge in [-0.2, -0.15) is 12.6 Å². The van der Waals surface area contributed by atoms with Gasteiger partial charge in [0.05, 0.1) is 5.92 Å². The first-order chi connectivity index (χ1) is 5.22. The summed E-state index contributed by atoms with van der Waals surface area (Å²) in [6.45, 7) is 0. The molecule has 1 saturated carbocycles. The molecule has 0 bridgehead atoms. The van der Waals surface area contributed by atoms with Crippen molar-refractivity contribution in [3.05, 3.63) is 0 Å². The second kappa shape index (κ2) is 4.00. The highest BCUT2D eigenvalue weighted by molar-refractivity contribution is 7.81. The largest absolute Gasteiger partial charge is 0.481 e. The zero-order valence-corrected chi connectivity index (χ0v) is 7.39. The van der Waals surface area contributed by atoms with Crippen molar-refractivity contribution in [1.82, 2.24) is 0 Å². The Morgan fingerprint density at radius 3 is 2.55 bits per heavy atom. The van der Waals surface area contributed by atoms with Gasteiger partial charge in [-0.05, 0) is 12.8 Å². The molecule has 1 N–H and O–H groups in total. The first-order valence-corrected chi connectivity index (χ1v) is 4.64. The lowest BCUT2D eigenvalue weighted by Crippen LogP contribution is -2.22. The molecule has 0 radical (unpaired) electrons. The van der Waals surface area contributed by atoms with Gasteiger partial charge in [-0.3, -0.25) is 4.79 Å². The number of hydrogen-bond acceptors (Lipinski definition) is 2. The molecule has 0 amide bonds. The summed E-state index contributed by atoms with van der Waals surface area (Å²) in [7, 11) is 0. The Morgan fingerprint density at radius 2 is 1.91 bits per heavy atom. The Hall–Kier alpha value is -0.180. The summed E-state index contributed by atoms with van der Waals surface area (Å²) in [5.74, 6) is -0.882. The normalized spacial score (nSPS) is 32.8. The molecule has 0 aliphatic heterocycles. The van der Waals surface area contributed by atoms with Gasteiger partial charge in [-0.25, -0.2) is 0 Å². The van der Waals surface area contributed by atoms with Crippen LogP contribution in [0.3, 0.4) is 0 Å². The van der Waals surface area contributed by atoms with E-state index < -0.39 is 5.97 Å². The molecular weight excluding hydrogens is 160 g/mol. The summed E-state index contributed by atoms with van der Waals surface area (Å²) in [4.78, 5) is 10.7. The van der Waals surface area contributed by atoms with Crippen molar-refractivity contribution in [2.45, 2.75) is 37.4 Å². The van der Waals surface area contributed by atoms with Crippen LogP contribution in [0, 0.1) is 5.92 Å². The van der Waals surface area contributed by atoms with Gasteiger partial charge in [-0.1, -0.05) is 19.3 Å². The SMILES string of the molecule is O=C(O)C1CCCCCC1S. The molecule has 0 aromatic carbocycles. The lowest BCUT2D eigenvalue weighted by atomic mass is 10.0. The van der Waals surface area contributed by atoms with Crippen molar-refractivity contribution in [3.8, 4) is 0 Å². The highest BCUT2D eigenvalue weighted by atomic mass is 32.1. The first-order valence-electron chi connectivity index (χ1n) is 4.12. The van der Waals surface area contributed by atoms with E-state index in [1.807, 2.05) is 0 Å². The fourth-order valence-electron chi connectivity index (χ4n) is 1.58. The van der Waals surface area contributed by atoms with Gasteiger partial charge in [0.2, 0.25) is 0 Å². The molecule has 0 aromatic heterocycles. The highest BCUT2D eigenvalue weighted by Crippen LogP contribution is 2.27. The topological polar surface area (TPSA) is 37.3 Å². The lowest BCUT2D eigenvalue weighted by molar-refractivity contribution is -0.141. The van der Waals surface area contributed by atoms with Gasteiger partial charge in [0.1, 0.15) is 0 Å². The Kier molecular flexibility index (Phi) is 3.24. The molecule has 2 unspecified atom stereocenters. The molecule has 2 nitrogen and oxygen atoms in total. The predicted molar refractivity (Wildman–Crippen MR) is 47.0 cm³/mol. The van der Waals surface area contributed by atoms with Crippen molar-refractivity contribution in [2.24, 2.45) is 5.92 Å². The van der Waals surface area contributed by atoms with E-state index in [0.29, 0.717) is 0 Å². The van der Waals surface area contributed by atoms with Gasteiger partial charge in [-0.15, -0.1) is 0 Å². The summed E-state index contributed by atoms with van der Waals surface area (Å²) in [5, 5.41) is 8.86. The molecular formula is C8H14O2S. The Balaban J connectivity index is 2.52. The molecule has 1 rings (SSSR count). The van der Waals surface area contributed by atoms with E-state index in [9.17, 15) is 4.79 Å². The van der Waals surface area contributed by atoms with Crippen LogP contribution in [0.2, 0.25) is 0 Å². The summed E-state index contributed by atoms with van der Waals surface area (Å²) >= 11 is 4.28. The van der Waals surface area contributed by atoms with Gasteiger partial charge in [0.15, 0.2) is 0 Å². The van der Waals surface area contributed by atoms with Crippen molar-refractivity contribution < 1.29 is 9.90 Å². The highest BCUT2D eigenvalue weighted by Gasteiger charge is 2.26. The minimum absolute atomic E-state index is 0.0787. The third kappa shape index (κ3) is 2.40. The Morgan fingerprint density at radius 1 is 1.27 bits per heavy atom. The summed E-state index contributed by atoms with van der Waals surface area (Å²) < 4.78 is 0. The van der Waals surface area contributed by atoms with E-state index in [-0.39, 0.29) is 11.2 Å². The second-order valence-electron chi connectivity index (χ2n) is 3.15. The molecule has 0 heterocycles. The fourth-order valence-corrected chi connectivity index (χ4v) is 2.04. The van der Waals surface area contributed by atoms with Crippen LogP contribution in [0.1, 0.15) is 32.1 Å². The smallest absolute Gasteiger partial charge is 0.307 e. The predicted octanol–water partition coefficient (Wildman–Crippen LogP) is 1.95. The van der Waals surface area contributed by atoms with Crippen LogP contribution < -0.4 is 0 Å². The molecule has 0 saturated heterocycles. The average molecular weight is 174 g/mol. The van der Waals surface area contributed by atoms with Gasteiger partial charge in [0.25, 0.3) is 0 Å². The number of carbonyl (C=O) groups is 1. The van der Waals surface area contributed by atoms with Crippen LogP contribution in [0.15, 0.2) is 0 Å². The average Bonchev–Trinajstić information content (AvgIpc) is 2.13. The van der Waals surface area contributed by atoms with E-state index in [1.165, 1.54) is 6.42 Å². The first kappa shape index (κ1) is 8.91. The monoisotopic (exact) mass is 174 g/mol. The summed E-state index contributed by atoms with van der Waals surface area (Å²) in [6, 6.07) is 0. The number of thiol groups is 1. The summed E-state index contributed by atoms with van der Waals surface area (Å²) in [6.07, 6.45) is 5.12. The number of carboxylic acids is 1. The third-order valence-corrected chi connectivity index (χ3v) is 2.91. The minimum atomic E-state index is -0.674. The van der Waals surface area contributed by atoms with E-state index >= 15 is 0 Å². The van der Waals surface area contributed by atoms with Crippen LogP contribution in [-0.2, 0) is 4.79 Å². The number of hydrogen-bond donors (Lipinski definition) is 2. The van der Waals surface area contributed by atoms with Crippen LogP contribution in [0.25, 0.3) is 0 Å². The molecule has 0 aromatic rings. The number of carboxylic acid groups (broad SMARTS) is 1. The van der Waals surface area contributed by atoms with Gasteiger partial charge < -0.3 is 5.11 Å². The molecule has 3 heteroatoms. The number of aliphatic carboxylic acids is 1. The van der Waals surface area contributed by atoms with Crippen LogP contribution in [0.5, 0.6) is 0 Å². The maximum Gasteiger partial charge on any atom is 0.307 e. The van der Waals surface area contributed by atoms with Crippen molar-refractivity contribution in [3.63, 3.8) is 0 Å². The van der Waals surface area contributed by atoms with Crippen LogP contribution in [0.4, 0.5) is 0 Å². The standard InChI is InChI=1S/C8H14O2S/c9-8(10)6-4-2-1-3-5-7(6)11/h6-7,11H,1-5H2,(H,9,10). The van der Waals surface area contributed by atoms with Gasteiger partial charge in [0, 0.05) is 5.25 Å². The molecule has 0 spiro atoms. The Bertz CT molecular complexity index is 147. The molecule has 1 aliphatic carbocycles. The third-order valence-electron chi connectivity index (χ3n) is 2.30. The fraction of sp³-hybridized carbons (Fsp3) is 0.875. The molecule has 64 valence electrons. The van der Waals surface area contributed by atoms with Crippen LogP contribution in [-0.4, -0.2) is 16.3 Å². The van der Waals surface area contributed by atoms with E-state index in [0.717, 1.165) is 25.7 Å². The van der Waals surface area contributed by atoms with E-state index in [1.54, 1.807) is 0 Å². The number of rotatable bonds is 1. The van der Waals surface area contributed by atoms with Crippen molar-refractivity contribution >= 4 is 18.6 Å². The zero-order chi connectivity index (χ0) is 8.27. The molecule has 2 atom stereocenters. The quantitative estimate of drug-likeness (QED) is 0.471. The minimum Gasteiger partial charge on any atom is -0.481 e. The second-order valence-corrected chi connectivity index (χ2v) is 3.81. The van der Waals surface area contributed by atoms with Crippen molar-refractivity contribution in [2.75, 3.05) is 0 Å². The zero-order valence-electron chi connectivity index (χ0n) is 6.49. The molecule has 11 heavy (non-hydrogen) atoms. The molecule has 1 fully saturated rings. The van der Waals surface area contributed by atoms with Crippen molar-refractivity contribution in [1.29, 1.82) is 0 Å². The summed E-state index contributed by atoms with van der Waals surface area (Å²) in [5.41, 5.74) is 0. The maximum atomic E-state index is 10.7. The van der Waals surface area contributed by atoms with E-state index in [2.05, 4.69) is 12.6 Å². The lowest BCUT2D eigenvalue weighted by Gasteiger charge is -2.14.